The number of nitrogens with one attached hydrogen (secondary N) is 2. The van der Waals surface area contributed by atoms with Gasteiger partial charge in [-0.3, -0.25) is 15.2 Å². The largest absolute Gasteiger partial charge is 0.364 e. The van der Waals surface area contributed by atoms with E-state index in [0.717, 1.165) is 36.2 Å². The smallest absolute Gasteiger partial charge is 0.267 e. The van der Waals surface area contributed by atoms with Crippen LogP contribution in [0.4, 0.5) is 4.39 Å². The summed E-state index contributed by atoms with van der Waals surface area (Å²) >= 11 is 0. The van der Waals surface area contributed by atoms with Crippen LogP contribution in [0.15, 0.2) is 54.9 Å². The van der Waals surface area contributed by atoms with Gasteiger partial charge >= 0.3 is 0 Å². The molecule has 1 aliphatic heterocycles. The number of H-pyrrole nitrogens is 1. The molecule has 4 rings (SSSR count). The summed E-state index contributed by atoms with van der Waals surface area (Å²) in [4.78, 5) is 24.6. The number of likely N-dealkylation sites (tertiary alicyclic amines) is 1. The normalized spacial score (nSPS) is 16.3. The van der Waals surface area contributed by atoms with Crippen LogP contribution in [0, 0.1) is 11.2 Å². The van der Waals surface area contributed by atoms with E-state index in [1.807, 2.05) is 11.0 Å². The van der Waals surface area contributed by atoms with Gasteiger partial charge in [-0.1, -0.05) is 12.1 Å². The number of rotatable bonds is 5. The molecule has 30 heavy (non-hydrogen) atoms. The van der Waals surface area contributed by atoms with Crippen LogP contribution in [0.5, 0.6) is 0 Å². The number of aromatic nitrogens is 3. The van der Waals surface area contributed by atoms with Crippen LogP contribution in [0.3, 0.4) is 0 Å². The Morgan fingerprint density at radius 1 is 1.27 bits per heavy atom. The molecule has 7 nitrogen and oxygen atoms in total. The van der Waals surface area contributed by atoms with Crippen LogP contribution in [0.25, 0.3) is 17.3 Å². The molecule has 152 valence electrons. The van der Waals surface area contributed by atoms with Gasteiger partial charge in [0.15, 0.2) is 0 Å². The number of aromatic amines is 1. The van der Waals surface area contributed by atoms with E-state index in [0.29, 0.717) is 11.7 Å². The van der Waals surface area contributed by atoms with Crippen molar-refractivity contribution in [3.63, 3.8) is 0 Å². The third kappa shape index (κ3) is 4.12. The number of amidine groups is 1. The number of amides is 1. The maximum Gasteiger partial charge on any atom is 0.267 e. The van der Waals surface area contributed by atoms with Crippen LogP contribution in [-0.4, -0.2) is 38.1 Å². The Hall–Kier alpha value is -3.81. The predicted molar refractivity (Wildman–Crippen MR) is 112 cm³/mol. The van der Waals surface area contributed by atoms with Crippen molar-refractivity contribution in [2.24, 2.45) is 5.73 Å². The minimum atomic E-state index is -0.577. The second-order valence-electron chi connectivity index (χ2n) is 7.10. The zero-order chi connectivity index (χ0) is 21.1. The average molecular weight is 404 g/mol. The zero-order valence-corrected chi connectivity index (χ0v) is 16.2. The zero-order valence-electron chi connectivity index (χ0n) is 16.2. The van der Waals surface area contributed by atoms with Crippen LogP contribution in [0.2, 0.25) is 0 Å². The van der Waals surface area contributed by atoms with Crippen LogP contribution in [0.1, 0.15) is 40.8 Å². The number of hydrogen-bond acceptors (Lipinski definition) is 4. The summed E-state index contributed by atoms with van der Waals surface area (Å²) in [6, 6.07) is 9.87. The number of primary amides is 1. The molecule has 1 fully saturated rings. The summed E-state index contributed by atoms with van der Waals surface area (Å²) in [5, 5.41) is 8.45. The molecule has 0 radical (unpaired) electrons. The summed E-state index contributed by atoms with van der Waals surface area (Å²) in [5.74, 6) is 0.108. The first-order valence-electron chi connectivity index (χ1n) is 9.61. The molecule has 0 aliphatic carbocycles. The highest BCUT2D eigenvalue weighted by molar-refractivity contribution is 5.94. The maximum atomic E-state index is 13.6. The second-order valence-corrected chi connectivity index (χ2v) is 7.10. The highest BCUT2D eigenvalue weighted by Crippen LogP contribution is 2.32. The fourth-order valence-corrected chi connectivity index (χ4v) is 3.64. The van der Waals surface area contributed by atoms with Gasteiger partial charge in [-0.25, -0.2) is 9.37 Å². The Balaban J connectivity index is 1.46. The summed E-state index contributed by atoms with van der Waals surface area (Å²) in [5.41, 5.74) is 7.80. The van der Waals surface area contributed by atoms with E-state index in [4.69, 9.17) is 11.1 Å². The quantitative estimate of drug-likeness (QED) is 0.446. The Morgan fingerprint density at radius 3 is 2.87 bits per heavy atom. The van der Waals surface area contributed by atoms with Gasteiger partial charge in [0.25, 0.3) is 5.91 Å². The molecule has 1 aromatic carbocycles. The first kappa shape index (κ1) is 19.5. The number of halogens is 1. The molecule has 0 spiro atoms. The number of pyridine rings is 1. The molecule has 1 amide bonds. The van der Waals surface area contributed by atoms with Crippen LogP contribution in [-0.2, 0) is 0 Å². The van der Waals surface area contributed by atoms with E-state index in [2.05, 4.69) is 15.0 Å². The first-order chi connectivity index (χ1) is 14.5. The molecular weight excluding hydrogens is 383 g/mol. The lowest BCUT2D eigenvalue weighted by Crippen LogP contribution is -2.28. The summed E-state index contributed by atoms with van der Waals surface area (Å²) in [6.45, 7) is 0.756. The van der Waals surface area contributed by atoms with Crippen molar-refractivity contribution in [3.8, 4) is 11.3 Å². The molecule has 3 heterocycles. The van der Waals surface area contributed by atoms with E-state index in [1.54, 1.807) is 42.7 Å². The van der Waals surface area contributed by atoms with Gasteiger partial charge in [-0.05, 0) is 54.8 Å². The number of carbonyl (C=O) groups is 1. The molecular formula is C22H21FN6O. The molecule has 1 saturated heterocycles. The van der Waals surface area contributed by atoms with Crippen molar-refractivity contribution in [2.75, 3.05) is 6.54 Å². The molecule has 3 aromatic rings. The maximum absolute atomic E-state index is 13.6. The van der Waals surface area contributed by atoms with Gasteiger partial charge in [-0.2, -0.15) is 0 Å². The minimum absolute atomic E-state index is 0.000133. The van der Waals surface area contributed by atoms with E-state index in [-0.39, 0.29) is 17.6 Å². The second kappa shape index (κ2) is 8.28. The molecule has 0 bridgehead atoms. The van der Waals surface area contributed by atoms with Gasteiger partial charge in [0, 0.05) is 18.3 Å². The Morgan fingerprint density at radius 2 is 2.13 bits per heavy atom. The van der Waals surface area contributed by atoms with Gasteiger partial charge < -0.3 is 15.6 Å². The lowest BCUT2D eigenvalue weighted by molar-refractivity contribution is 0.0995. The summed E-state index contributed by atoms with van der Waals surface area (Å²) < 4.78 is 13.6. The highest BCUT2D eigenvalue weighted by atomic mass is 19.1. The van der Waals surface area contributed by atoms with Crippen LogP contribution < -0.4 is 5.73 Å². The monoisotopic (exact) mass is 404 g/mol. The van der Waals surface area contributed by atoms with E-state index in [9.17, 15) is 9.18 Å². The third-order valence-corrected chi connectivity index (χ3v) is 5.12. The molecule has 4 N–H and O–H groups in total. The molecule has 1 aliphatic rings. The van der Waals surface area contributed by atoms with Crippen molar-refractivity contribution in [1.29, 1.82) is 5.41 Å². The van der Waals surface area contributed by atoms with Crippen molar-refractivity contribution in [1.82, 2.24) is 19.9 Å². The van der Waals surface area contributed by atoms with E-state index >= 15 is 0 Å². The van der Waals surface area contributed by atoms with Gasteiger partial charge in [0.1, 0.15) is 23.2 Å². The van der Waals surface area contributed by atoms with Crippen molar-refractivity contribution in [3.05, 3.63) is 77.8 Å². The molecule has 2 aromatic heterocycles. The predicted octanol–water partition coefficient (Wildman–Crippen LogP) is 3.54. The Labute approximate surface area is 173 Å². The lowest BCUT2D eigenvalue weighted by atomic mass is 10.0. The van der Waals surface area contributed by atoms with Crippen molar-refractivity contribution < 1.29 is 9.18 Å². The minimum Gasteiger partial charge on any atom is -0.364 e. The number of hydrogen-bond donors (Lipinski definition) is 3. The highest BCUT2D eigenvalue weighted by Gasteiger charge is 2.27. The fourth-order valence-electron chi connectivity index (χ4n) is 3.64. The first-order valence-corrected chi connectivity index (χ1v) is 9.61. The SMILES string of the molecule is N=C(/C=C\c1ncc(-c2ccc(C(N)=O)nc2)[nH]1)N1CCCC1c1cccc(F)c1. The number of benzene rings is 1. The molecule has 1 unspecified atom stereocenters. The number of carbonyl (C=O) groups excluding carboxylic acids is 1. The number of imidazole rings is 1. The fraction of sp³-hybridized carbons (Fsp3) is 0.182. The lowest BCUT2D eigenvalue weighted by Gasteiger charge is -2.26. The number of nitrogens with two attached hydrogens (primary N) is 1. The third-order valence-electron chi connectivity index (χ3n) is 5.12. The van der Waals surface area contributed by atoms with Crippen molar-refractivity contribution >= 4 is 17.8 Å². The summed E-state index contributed by atoms with van der Waals surface area (Å²) in [6.07, 6.45) is 8.48. The van der Waals surface area contributed by atoms with E-state index < -0.39 is 5.91 Å². The van der Waals surface area contributed by atoms with E-state index in [1.165, 1.54) is 12.1 Å². The van der Waals surface area contributed by atoms with Gasteiger partial charge in [0.05, 0.1) is 17.9 Å². The Kier molecular flexibility index (Phi) is 5.38. The molecule has 1 atom stereocenters. The standard InChI is InChI=1S/C22H21FN6O/c23-16-4-1-3-14(11-16)19-5-2-10-29(19)20(24)8-9-21-27-13-18(28-21)15-6-7-17(22(25)30)26-12-15/h1,3-4,6-9,11-13,19,24H,2,5,10H2,(H2,25,30)(H,27,28)/b9-8-,24-20?. The molecule has 0 saturated carbocycles. The van der Waals surface area contributed by atoms with Crippen molar-refractivity contribution in [2.45, 2.75) is 18.9 Å². The molecule has 8 heteroatoms. The number of nitrogens with zero attached hydrogens (tertiary/aromatic N) is 3. The van der Waals surface area contributed by atoms with Crippen LogP contribution >= 0.6 is 0 Å². The topological polar surface area (TPSA) is 112 Å². The Bertz CT molecular complexity index is 1100. The van der Waals surface area contributed by atoms with Gasteiger partial charge in [-0.15, -0.1) is 0 Å². The average Bonchev–Trinajstić information content (AvgIpc) is 3.42. The van der Waals surface area contributed by atoms with Gasteiger partial charge in [0.2, 0.25) is 0 Å². The summed E-state index contributed by atoms with van der Waals surface area (Å²) in [7, 11) is 0.